The van der Waals surface area contributed by atoms with Gasteiger partial charge in [-0.05, 0) is 24.1 Å². The molecule has 1 aromatic carbocycles. The van der Waals surface area contributed by atoms with Crippen molar-refractivity contribution < 1.29 is 19.7 Å². The lowest BCUT2D eigenvalue weighted by Gasteiger charge is -2.21. The summed E-state index contributed by atoms with van der Waals surface area (Å²) in [7, 11) is 0. The highest BCUT2D eigenvalue weighted by Crippen LogP contribution is 2.35. The van der Waals surface area contributed by atoms with E-state index in [1.54, 1.807) is 0 Å². The topological polar surface area (TPSA) is 90.9 Å². The molecule has 0 saturated heterocycles. The third-order valence-corrected chi connectivity index (χ3v) is 4.43. The van der Waals surface area contributed by atoms with Crippen LogP contribution in [-0.4, -0.2) is 15.3 Å². The zero-order valence-corrected chi connectivity index (χ0v) is 12.8. The van der Waals surface area contributed by atoms with Crippen molar-refractivity contribution in [1.29, 1.82) is 0 Å². The molecular weight excluding hydrogens is 296 g/mol. The minimum Gasteiger partial charge on any atom is -0.504 e. The van der Waals surface area contributed by atoms with E-state index in [0.29, 0.717) is 23.7 Å². The van der Waals surface area contributed by atoms with Crippen LogP contribution in [0.1, 0.15) is 37.9 Å². The molecule has 1 saturated carbocycles. The molecule has 0 amide bonds. The minimum atomic E-state index is -0.496. The lowest BCUT2D eigenvalue weighted by atomic mass is 9.86. The third kappa shape index (κ3) is 3.33. The highest BCUT2D eigenvalue weighted by atomic mass is 16.4. The molecule has 122 valence electrons. The van der Waals surface area contributed by atoms with Crippen LogP contribution in [0.4, 0.5) is 0 Å². The van der Waals surface area contributed by atoms with Crippen molar-refractivity contribution in [2.45, 2.75) is 38.5 Å². The molecule has 0 atom stereocenters. The summed E-state index contributed by atoms with van der Waals surface area (Å²) in [5.41, 5.74) is -0.148. The summed E-state index contributed by atoms with van der Waals surface area (Å²) in [6.45, 7) is 0. The van der Waals surface area contributed by atoms with Crippen LogP contribution in [0.25, 0.3) is 11.3 Å². The van der Waals surface area contributed by atoms with Crippen molar-refractivity contribution in [3.63, 3.8) is 0 Å². The zero-order chi connectivity index (χ0) is 16.4. The first-order valence-corrected chi connectivity index (χ1v) is 7.93. The van der Waals surface area contributed by atoms with Crippen LogP contribution in [0.15, 0.2) is 33.5 Å². The van der Waals surface area contributed by atoms with Crippen LogP contribution in [0.3, 0.4) is 0 Å². The average molecular weight is 316 g/mol. The Bertz CT molecular complexity index is 756. The molecule has 2 aromatic rings. The van der Waals surface area contributed by atoms with Crippen LogP contribution < -0.4 is 5.43 Å². The van der Waals surface area contributed by atoms with Gasteiger partial charge in [-0.25, -0.2) is 0 Å². The van der Waals surface area contributed by atoms with Gasteiger partial charge in [-0.2, -0.15) is 0 Å². The van der Waals surface area contributed by atoms with Gasteiger partial charge in [-0.15, -0.1) is 0 Å². The summed E-state index contributed by atoms with van der Waals surface area (Å²) in [4.78, 5) is 12.0. The maximum atomic E-state index is 12.0. The quantitative estimate of drug-likeness (QED) is 0.753. The molecule has 3 rings (SSSR count). The van der Waals surface area contributed by atoms with E-state index in [-0.39, 0.29) is 17.3 Å². The van der Waals surface area contributed by atoms with Gasteiger partial charge in [0.1, 0.15) is 5.76 Å². The van der Waals surface area contributed by atoms with Crippen LogP contribution in [0.5, 0.6) is 17.2 Å². The van der Waals surface area contributed by atoms with Crippen molar-refractivity contribution >= 4 is 0 Å². The predicted octanol–water partition coefficient (Wildman–Crippen LogP) is 3.55. The number of rotatable bonds is 3. The highest BCUT2D eigenvalue weighted by molar-refractivity contribution is 5.67. The first-order chi connectivity index (χ1) is 11.0. The van der Waals surface area contributed by atoms with E-state index < -0.39 is 11.2 Å². The lowest BCUT2D eigenvalue weighted by Crippen LogP contribution is -2.11. The number of phenols is 2. The molecule has 0 aliphatic heterocycles. The van der Waals surface area contributed by atoms with Crippen molar-refractivity contribution in [3.05, 3.63) is 40.2 Å². The number of aromatic hydroxyl groups is 3. The van der Waals surface area contributed by atoms with Gasteiger partial charge in [0, 0.05) is 18.1 Å². The van der Waals surface area contributed by atoms with E-state index in [1.165, 1.54) is 43.5 Å². The monoisotopic (exact) mass is 316 g/mol. The number of phenolic OH excluding ortho intramolecular Hbond substituents is 2. The molecule has 5 nitrogen and oxygen atoms in total. The van der Waals surface area contributed by atoms with Crippen LogP contribution in [0.2, 0.25) is 0 Å². The second kappa shape index (κ2) is 6.36. The minimum absolute atomic E-state index is 0.0265. The Morgan fingerprint density at radius 3 is 2.43 bits per heavy atom. The van der Waals surface area contributed by atoms with Crippen molar-refractivity contribution in [2.24, 2.45) is 5.92 Å². The molecule has 23 heavy (non-hydrogen) atoms. The second-order valence-electron chi connectivity index (χ2n) is 6.17. The first-order valence-electron chi connectivity index (χ1n) is 7.93. The number of hydrogen-bond acceptors (Lipinski definition) is 5. The molecule has 0 radical (unpaired) electrons. The highest BCUT2D eigenvalue weighted by Gasteiger charge is 2.19. The summed E-state index contributed by atoms with van der Waals surface area (Å²) < 4.78 is 5.73. The predicted molar refractivity (Wildman–Crippen MR) is 85.7 cm³/mol. The van der Waals surface area contributed by atoms with Gasteiger partial charge < -0.3 is 19.7 Å². The molecule has 1 fully saturated rings. The van der Waals surface area contributed by atoms with Gasteiger partial charge in [0.15, 0.2) is 17.3 Å². The Kier molecular flexibility index (Phi) is 4.28. The molecule has 1 heterocycles. The Labute approximate surface area is 133 Å². The summed E-state index contributed by atoms with van der Waals surface area (Å²) >= 11 is 0. The third-order valence-electron chi connectivity index (χ3n) is 4.43. The van der Waals surface area contributed by atoms with Gasteiger partial charge in [-0.1, -0.05) is 32.1 Å². The molecule has 1 aliphatic rings. The zero-order valence-electron chi connectivity index (χ0n) is 12.8. The molecule has 0 bridgehead atoms. The maximum absolute atomic E-state index is 12.0. The molecule has 1 aliphatic carbocycles. The van der Waals surface area contributed by atoms with E-state index in [0.717, 1.165) is 12.8 Å². The molecule has 0 unspecified atom stereocenters. The molecule has 5 heteroatoms. The van der Waals surface area contributed by atoms with Gasteiger partial charge >= 0.3 is 0 Å². The van der Waals surface area contributed by atoms with Crippen LogP contribution >= 0.6 is 0 Å². The summed E-state index contributed by atoms with van der Waals surface area (Å²) in [5.74, 6) is -0.0166. The van der Waals surface area contributed by atoms with E-state index >= 15 is 0 Å². The summed E-state index contributed by atoms with van der Waals surface area (Å²) in [6.07, 6.45) is 6.58. The normalized spacial score (nSPS) is 15.7. The summed E-state index contributed by atoms with van der Waals surface area (Å²) in [5, 5.41) is 29.0. The van der Waals surface area contributed by atoms with Gasteiger partial charge in [0.05, 0.1) is 0 Å². The second-order valence-corrected chi connectivity index (χ2v) is 6.17. The van der Waals surface area contributed by atoms with E-state index in [4.69, 9.17) is 4.42 Å². The number of hydrogen-bond donors (Lipinski definition) is 3. The largest absolute Gasteiger partial charge is 0.504 e. The van der Waals surface area contributed by atoms with Gasteiger partial charge in [0.25, 0.3) is 0 Å². The molecule has 0 spiro atoms. The maximum Gasteiger partial charge on any atom is 0.227 e. The van der Waals surface area contributed by atoms with Crippen LogP contribution in [0, 0.1) is 5.92 Å². The van der Waals surface area contributed by atoms with E-state index in [2.05, 4.69) is 0 Å². The fraction of sp³-hybridized carbons (Fsp3) is 0.389. The molecule has 1 aromatic heterocycles. The van der Waals surface area contributed by atoms with E-state index in [1.807, 2.05) is 0 Å². The Morgan fingerprint density at radius 2 is 1.74 bits per heavy atom. The number of benzene rings is 1. The van der Waals surface area contributed by atoms with E-state index in [9.17, 15) is 20.1 Å². The fourth-order valence-electron chi connectivity index (χ4n) is 3.17. The van der Waals surface area contributed by atoms with Gasteiger partial charge in [-0.3, -0.25) is 4.79 Å². The molecular formula is C18H20O5. The van der Waals surface area contributed by atoms with Gasteiger partial charge in [0.2, 0.25) is 11.2 Å². The van der Waals surface area contributed by atoms with Crippen molar-refractivity contribution in [2.75, 3.05) is 0 Å². The fourth-order valence-corrected chi connectivity index (χ4v) is 3.17. The standard InChI is InChI=1S/C18H20O5/c19-14-7-6-12(9-15(14)20)18-17(22)16(21)10-13(23-18)8-11-4-2-1-3-5-11/h6-7,9-11,19-20,22H,1-5,8H2. The lowest BCUT2D eigenvalue weighted by molar-refractivity contribution is 0.328. The average Bonchev–Trinajstić information content (AvgIpc) is 2.54. The van der Waals surface area contributed by atoms with Crippen molar-refractivity contribution in [1.82, 2.24) is 0 Å². The summed E-state index contributed by atoms with van der Waals surface area (Å²) in [6, 6.07) is 5.38. The smallest absolute Gasteiger partial charge is 0.227 e. The Balaban J connectivity index is 1.96. The Hall–Kier alpha value is -2.43. The SMILES string of the molecule is O=c1cc(CC2CCCCC2)oc(-c2ccc(O)c(O)c2)c1O. The Morgan fingerprint density at radius 1 is 1.00 bits per heavy atom. The molecule has 3 N–H and O–H groups in total. The van der Waals surface area contributed by atoms with Crippen LogP contribution in [-0.2, 0) is 6.42 Å². The first kappa shape index (κ1) is 15.5. The van der Waals surface area contributed by atoms with Crippen molar-refractivity contribution in [3.8, 4) is 28.6 Å².